The van der Waals surface area contributed by atoms with E-state index in [-0.39, 0.29) is 6.04 Å². The zero-order chi connectivity index (χ0) is 18.3. The Kier molecular flexibility index (Phi) is 7.07. The molecule has 0 amide bonds. The van der Waals surface area contributed by atoms with Crippen LogP contribution in [0.3, 0.4) is 0 Å². The van der Waals surface area contributed by atoms with Crippen molar-refractivity contribution in [3.8, 4) is 0 Å². The van der Waals surface area contributed by atoms with E-state index >= 15 is 0 Å². The summed E-state index contributed by atoms with van der Waals surface area (Å²) >= 11 is 0. The van der Waals surface area contributed by atoms with E-state index in [2.05, 4.69) is 22.2 Å². The summed E-state index contributed by atoms with van der Waals surface area (Å²) in [6.07, 6.45) is 5.43. The molecule has 0 unspecified atom stereocenters. The van der Waals surface area contributed by atoms with Gasteiger partial charge in [0.25, 0.3) is 0 Å². The second-order valence-corrected chi connectivity index (χ2v) is 8.36. The SMILES string of the molecule is C=C(C)CN=C(NCCc1ccco1)NC[C@H]1CCCN1S(C)(=O)=O. The molecule has 1 atom stereocenters. The van der Waals surface area contributed by atoms with E-state index in [1.165, 1.54) is 6.26 Å². The zero-order valence-electron chi connectivity index (χ0n) is 15.0. The summed E-state index contributed by atoms with van der Waals surface area (Å²) in [6.45, 7) is 8.12. The van der Waals surface area contributed by atoms with Crippen molar-refractivity contribution in [1.29, 1.82) is 0 Å². The first-order valence-corrected chi connectivity index (χ1v) is 10.4. The lowest BCUT2D eigenvalue weighted by Crippen LogP contribution is -2.46. The molecule has 0 saturated carbocycles. The smallest absolute Gasteiger partial charge is 0.211 e. The molecule has 0 radical (unpaired) electrons. The van der Waals surface area contributed by atoms with E-state index in [1.54, 1.807) is 10.6 Å². The molecule has 2 N–H and O–H groups in total. The van der Waals surface area contributed by atoms with Crippen LogP contribution in [-0.4, -0.2) is 57.2 Å². The van der Waals surface area contributed by atoms with Crippen molar-refractivity contribution in [2.24, 2.45) is 4.99 Å². The molecule has 25 heavy (non-hydrogen) atoms. The maximum Gasteiger partial charge on any atom is 0.211 e. The molecule has 2 heterocycles. The van der Waals surface area contributed by atoms with Gasteiger partial charge >= 0.3 is 0 Å². The number of rotatable bonds is 8. The molecule has 0 spiro atoms. The number of aliphatic imine (C=N–C) groups is 1. The first-order chi connectivity index (χ1) is 11.9. The summed E-state index contributed by atoms with van der Waals surface area (Å²) in [5, 5.41) is 6.52. The average Bonchev–Trinajstić information content (AvgIpc) is 3.19. The van der Waals surface area contributed by atoms with E-state index in [0.29, 0.717) is 32.1 Å². The summed E-state index contributed by atoms with van der Waals surface area (Å²) in [6, 6.07) is 3.77. The van der Waals surface area contributed by atoms with E-state index in [4.69, 9.17) is 4.42 Å². The van der Waals surface area contributed by atoms with Crippen LogP contribution in [0.5, 0.6) is 0 Å². The summed E-state index contributed by atoms with van der Waals surface area (Å²) in [4.78, 5) is 4.49. The van der Waals surface area contributed by atoms with Crippen molar-refractivity contribution in [2.45, 2.75) is 32.2 Å². The van der Waals surface area contributed by atoms with Crippen LogP contribution >= 0.6 is 0 Å². The van der Waals surface area contributed by atoms with E-state index in [1.807, 2.05) is 19.1 Å². The third kappa shape index (κ3) is 6.55. The number of guanidine groups is 1. The largest absolute Gasteiger partial charge is 0.469 e. The predicted molar refractivity (Wildman–Crippen MR) is 100 cm³/mol. The summed E-state index contributed by atoms with van der Waals surface area (Å²) < 4.78 is 30.6. The van der Waals surface area contributed by atoms with Gasteiger partial charge in [-0.15, -0.1) is 0 Å². The van der Waals surface area contributed by atoms with Gasteiger partial charge in [-0.1, -0.05) is 12.2 Å². The minimum Gasteiger partial charge on any atom is -0.469 e. The van der Waals surface area contributed by atoms with Crippen LogP contribution in [0.2, 0.25) is 0 Å². The van der Waals surface area contributed by atoms with Gasteiger partial charge in [0.2, 0.25) is 10.0 Å². The molecule has 0 bridgehead atoms. The van der Waals surface area contributed by atoms with Crippen LogP contribution in [0.1, 0.15) is 25.5 Å². The second-order valence-electron chi connectivity index (χ2n) is 6.43. The first kappa shape index (κ1) is 19.5. The van der Waals surface area contributed by atoms with Crippen LogP contribution in [-0.2, 0) is 16.4 Å². The summed E-state index contributed by atoms with van der Waals surface area (Å²) in [7, 11) is -3.17. The van der Waals surface area contributed by atoms with Crippen molar-refractivity contribution < 1.29 is 12.8 Å². The molecular formula is C17H28N4O3S. The molecule has 7 nitrogen and oxygen atoms in total. The van der Waals surface area contributed by atoms with Crippen molar-refractivity contribution in [3.05, 3.63) is 36.3 Å². The van der Waals surface area contributed by atoms with Crippen LogP contribution in [0.15, 0.2) is 40.0 Å². The fourth-order valence-corrected chi connectivity index (χ4v) is 3.99. The highest BCUT2D eigenvalue weighted by molar-refractivity contribution is 7.88. The maximum atomic E-state index is 11.8. The Balaban J connectivity index is 1.89. The van der Waals surface area contributed by atoms with Crippen LogP contribution in [0, 0.1) is 0 Å². The van der Waals surface area contributed by atoms with Crippen LogP contribution in [0.25, 0.3) is 0 Å². The van der Waals surface area contributed by atoms with Crippen LogP contribution < -0.4 is 10.6 Å². The molecule has 140 valence electrons. The maximum absolute atomic E-state index is 11.8. The fraction of sp³-hybridized carbons (Fsp3) is 0.588. The average molecular weight is 369 g/mol. The van der Waals surface area contributed by atoms with Gasteiger partial charge < -0.3 is 15.1 Å². The van der Waals surface area contributed by atoms with Gasteiger partial charge in [0.15, 0.2) is 5.96 Å². The van der Waals surface area contributed by atoms with Crippen molar-refractivity contribution in [3.63, 3.8) is 0 Å². The van der Waals surface area contributed by atoms with Gasteiger partial charge in [-0.25, -0.2) is 13.4 Å². The topological polar surface area (TPSA) is 86.9 Å². The summed E-state index contributed by atoms with van der Waals surface area (Å²) in [5.74, 6) is 1.57. The molecular weight excluding hydrogens is 340 g/mol. The highest BCUT2D eigenvalue weighted by atomic mass is 32.2. The van der Waals surface area contributed by atoms with E-state index in [9.17, 15) is 8.42 Å². The third-order valence-corrected chi connectivity index (χ3v) is 5.34. The van der Waals surface area contributed by atoms with E-state index < -0.39 is 10.0 Å². The Labute approximate surface area is 150 Å². The second kappa shape index (κ2) is 9.05. The molecule has 1 aliphatic heterocycles. The Bertz CT molecular complexity index is 683. The zero-order valence-corrected chi connectivity index (χ0v) is 15.8. The number of hydrogen-bond donors (Lipinski definition) is 2. The molecule has 1 aromatic rings. The Morgan fingerprint density at radius 2 is 2.28 bits per heavy atom. The highest BCUT2D eigenvalue weighted by Gasteiger charge is 2.31. The third-order valence-electron chi connectivity index (χ3n) is 4.01. The van der Waals surface area contributed by atoms with Gasteiger partial charge in [0.05, 0.1) is 19.1 Å². The first-order valence-electron chi connectivity index (χ1n) is 8.52. The standard InChI is InChI=1S/C17H28N4O3S/c1-14(2)12-19-17(18-9-8-16-7-5-11-24-16)20-13-15-6-4-10-21(15)25(3,22)23/h5,7,11,15H,1,4,6,8-10,12-13H2,2-3H3,(H2,18,19,20)/t15-/m1/s1. The van der Waals surface area contributed by atoms with Crippen molar-refractivity contribution >= 4 is 16.0 Å². The molecule has 1 aliphatic rings. The number of furan rings is 1. The molecule has 1 fully saturated rings. The van der Waals surface area contributed by atoms with Gasteiger partial charge in [-0.3, -0.25) is 0 Å². The molecule has 1 aromatic heterocycles. The number of sulfonamides is 1. The normalized spacial score (nSPS) is 19.1. The van der Waals surface area contributed by atoms with Crippen molar-refractivity contribution in [1.82, 2.24) is 14.9 Å². The van der Waals surface area contributed by atoms with Gasteiger partial charge in [0.1, 0.15) is 5.76 Å². The number of nitrogens with one attached hydrogen (secondary N) is 2. The quantitative estimate of drug-likeness (QED) is 0.411. The summed E-state index contributed by atoms with van der Waals surface area (Å²) in [5.41, 5.74) is 0.964. The lowest BCUT2D eigenvalue weighted by Gasteiger charge is -2.23. The number of nitrogens with zero attached hydrogens (tertiary/aromatic N) is 2. The van der Waals surface area contributed by atoms with E-state index in [0.717, 1.165) is 30.6 Å². The molecule has 0 aliphatic carbocycles. The van der Waals surface area contributed by atoms with Crippen LogP contribution in [0.4, 0.5) is 0 Å². The lowest BCUT2D eigenvalue weighted by molar-refractivity contribution is 0.387. The fourth-order valence-electron chi connectivity index (χ4n) is 2.81. The minimum atomic E-state index is -3.17. The Morgan fingerprint density at radius 1 is 1.48 bits per heavy atom. The molecule has 0 aromatic carbocycles. The molecule has 1 saturated heterocycles. The van der Waals surface area contributed by atoms with Gasteiger partial charge in [-0.2, -0.15) is 4.31 Å². The lowest BCUT2D eigenvalue weighted by atomic mass is 10.2. The number of hydrogen-bond acceptors (Lipinski definition) is 4. The monoisotopic (exact) mass is 368 g/mol. The molecule has 2 rings (SSSR count). The van der Waals surface area contributed by atoms with Gasteiger partial charge in [-0.05, 0) is 31.9 Å². The van der Waals surface area contributed by atoms with Gasteiger partial charge in [0, 0.05) is 32.1 Å². The van der Waals surface area contributed by atoms with Crippen molar-refractivity contribution in [2.75, 3.05) is 32.4 Å². The Morgan fingerprint density at radius 3 is 2.92 bits per heavy atom. The predicted octanol–water partition coefficient (Wildman–Crippen LogP) is 1.36. The Hall–Kier alpha value is -1.80. The molecule has 8 heteroatoms. The highest BCUT2D eigenvalue weighted by Crippen LogP contribution is 2.19. The minimum absolute atomic E-state index is 0.0306.